The molecule has 1 unspecified atom stereocenters. The Morgan fingerprint density at radius 2 is 1.97 bits per heavy atom. The van der Waals surface area contributed by atoms with Gasteiger partial charge in [-0.3, -0.25) is 4.90 Å². The van der Waals surface area contributed by atoms with Crippen LogP contribution in [0.3, 0.4) is 0 Å². The molecule has 0 spiro atoms. The van der Waals surface area contributed by atoms with Crippen molar-refractivity contribution in [1.29, 1.82) is 0 Å². The van der Waals surface area contributed by atoms with Crippen LogP contribution in [0, 0.1) is 17.5 Å². The van der Waals surface area contributed by atoms with Crippen LogP contribution in [0.5, 0.6) is 5.88 Å². The van der Waals surface area contributed by atoms with Gasteiger partial charge in [0.2, 0.25) is 0 Å². The number of aromatic nitrogens is 4. The number of hydrogen-bond acceptors (Lipinski definition) is 8. The number of nitrogens with zero attached hydrogens (tertiary/aromatic N) is 4. The summed E-state index contributed by atoms with van der Waals surface area (Å²) in [4.78, 5) is 13.1. The maximum atomic E-state index is 15.0. The Hall–Kier alpha value is -4.39. The van der Waals surface area contributed by atoms with Crippen molar-refractivity contribution in [1.82, 2.24) is 25.9 Å². The van der Waals surface area contributed by atoms with Gasteiger partial charge in [0.1, 0.15) is 18.7 Å². The molecule has 1 atom stereocenters. The predicted molar refractivity (Wildman–Crippen MR) is 118 cm³/mol. The minimum absolute atomic E-state index is 0.0980. The van der Waals surface area contributed by atoms with Crippen LogP contribution < -0.4 is 15.0 Å². The fourth-order valence-corrected chi connectivity index (χ4v) is 3.74. The highest BCUT2D eigenvalue weighted by Crippen LogP contribution is 2.35. The maximum absolute atomic E-state index is 15.0. The molecule has 4 aromatic rings. The number of aromatic amines is 1. The molecule has 1 aliphatic rings. The number of nitrogens with one attached hydrogen (secondary N) is 2. The molecule has 1 aliphatic heterocycles. The lowest BCUT2D eigenvalue weighted by Crippen LogP contribution is -2.28. The molecule has 1 fully saturated rings. The molecule has 0 aliphatic carbocycles. The molecule has 0 bridgehead atoms. The summed E-state index contributed by atoms with van der Waals surface area (Å²) in [5, 5.41) is 16.9. The van der Waals surface area contributed by atoms with Crippen molar-refractivity contribution >= 4 is 11.8 Å². The smallest absolute Gasteiger partial charge is 0.414 e. The highest BCUT2D eigenvalue weighted by molar-refractivity contribution is 5.90. The summed E-state index contributed by atoms with van der Waals surface area (Å²) >= 11 is 0. The molecule has 1 saturated heterocycles. The Labute approximate surface area is 202 Å². The van der Waals surface area contributed by atoms with Crippen LogP contribution in [0.4, 0.5) is 23.7 Å². The van der Waals surface area contributed by atoms with E-state index >= 15 is 8.78 Å². The van der Waals surface area contributed by atoms with E-state index in [1.165, 1.54) is 24.5 Å². The van der Waals surface area contributed by atoms with E-state index in [2.05, 4.69) is 30.4 Å². The second kappa shape index (κ2) is 10.1. The molecule has 2 aromatic heterocycles. The number of benzene rings is 2. The average molecular weight is 500 g/mol. The third-order valence-corrected chi connectivity index (χ3v) is 5.48. The summed E-state index contributed by atoms with van der Waals surface area (Å²) in [6, 6.07) is 8.58. The average Bonchev–Trinajstić information content (AvgIpc) is 3.64. The predicted octanol–water partition coefficient (Wildman–Crippen LogP) is 3.57. The third kappa shape index (κ3) is 4.86. The molecule has 13 heteroatoms. The van der Waals surface area contributed by atoms with Crippen LogP contribution in [0.1, 0.15) is 11.3 Å². The van der Waals surface area contributed by atoms with Gasteiger partial charge < -0.3 is 19.3 Å². The van der Waals surface area contributed by atoms with Crippen molar-refractivity contribution in [3.63, 3.8) is 0 Å². The fraction of sp³-hybridized carbons (Fsp3) is 0.217. The lowest BCUT2D eigenvalue weighted by atomic mass is 10.0. The largest absolute Gasteiger partial charge is 0.471 e. The zero-order chi connectivity index (χ0) is 25.1. The molecule has 0 saturated carbocycles. The highest BCUT2D eigenvalue weighted by Gasteiger charge is 2.36. The van der Waals surface area contributed by atoms with Crippen LogP contribution in [0.2, 0.25) is 0 Å². The van der Waals surface area contributed by atoms with Crippen LogP contribution in [0.25, 0.3) is 11.1 Å². The molecule has 1 amide bonds. The standard InChI is InChI=1S/C23H19F3N6O4/c24-17-7-18(32-11-16(36-23(32)33)12-34-19-5-6-35-30-19)21(25)22(26)20(17)14-3-1-13(2-4-14)8-27-9-15-10-28-31-29-15/h1-7,10,16,27H,8-9,11-12H2,(H,28,29,31). The molecular formula is C23H19F3N6O4. The molecule has 2 N–H and O–H groups in total. The molecule has 0 radical (unpaired) electrons. The second-order valence-electron chi connectivity index (χ2n) is 7.91. The van der Waals surface area contributed by atoms with Crippen LogP contribution in [-0.4, -0.2) is 45.9 Å². The van der Waals surface area contributed by atoms with Gasteiger partial charge in [0.05, 0.1) is 29.7 Å². The topological polar surface area (TPSA) is 118 Å². The Kier molecular flexibility index (Phi) is 6.54. The van der Waals surface area contributed by atoms with Gasteiger partial charge >= 0.3 is 6.09 Å². The number of rotatable bonds is 9. The second-order valence-corrected chi connectivity index (χ2v) is 7.91. The van der Waals surface area contributed by atoms with E-state index in [-0.39, 0.29) is 24.6 Å². The van der Waals surface area contributed by atoms with Gasteiger partial charge in [-0.15, -0.1) is 0 Å². The Bertz CT molecular complexity index is 1330. The molecule has 36 heavy (non-hydrogen) atoms. The summed E-state index contributed by atoms with van der Waals surface area (Å²) in [7, 11) is 0. The number of cyclic esters (lactones) is 1. The normalized spacial score (nSPS) is 15.4. The summed E-state index contributed by atoms with van der Waals surface area (Å²) in [5.41, 5.74) is 0.646. The summed E-state index contributed by atoms with van der Waals surface area (Å²) in [5.74, 6) is -3.61. The molecule has 3 heterocycles. The number of ether oxygens (including phenoxy) is 2. The van der Waals surface area contributed by atoms with Gasteiger partial charge in [0.25, 0.3) is 5.88 Å². The fourth-order valence-electron chi connectivity index (χ4n) is 3.74. The Balaban J connectivity index is 1.28. The molecular weight excluding hydrogens is 481 g/mol. The maximum Gasteiger partial charge on any atom is 0.414 e. The van der Waals surface area contributed by atoms with Gasteiger partial charge in [-0.05, 0) is 16.3 Å². The van der Waals surface area contributed by atoms with Gasteiger partial charge in [0, 0.05) is 25.2 Å². The van der Waals surface area contributed by atoms with Gasteiger partial charge in [-0.25, -0.2) is 18.0 Å². The van der Waals surface area contributed by atoms with Gasteiger partial charge in [0.15, 0.2) is 17.7 Å². The number of halogens is 3. The van der Waals surface area contributed by atoms with Crippen molar-refractivity contribution < 1.29 is 32.0 Å². The van der Waals surface area contributed by atoms with Crippen molar-refractivity contribution in [2.45, 2.75) is 19.2 Å². The van der Waals surface area contributed by atoms with Crippen molar-refractivity contribution in [3.8, 4) is 17.0 Å². The number of H-pyrrole nitrogens is 1. The van der Waals surface area contributed by atoms with Crippen LogP contribution in [0.15, 0.2) is 53.4 Å². The monoisotopic (exact) mass is 500 g/mol. The first kappa shape index (κ1) is 23.4. The number of anilines is 1. The van der Waals surface area contributed by atoms with Crippen molar-refractivity contribution in [3.05, 3.63) is 77.6 Å². The van der Waals surface area contributed by atoms with E-state index in [1.807, 2.05) is 0 Å². The van der Waals surface area contributed by atoms with Gasteiger partial charge in [-0.2, -0.15) is 15.4 Å². The summed E-state index contributed by atoms with van der Waals surface area (Å²) < 4.78 is 60.1. The van der Waals surface area contributed by atoms with Crippen molar-refractivity contribution in [2.75, 3.05) is 18.1 Å². The molecule has 5 rings (SSSR count). The van der Waals surface area contributed by atoms with E-state index in [0.717, 1.165) is 22.2 Å². The Morgan fingerprint density at radius 1 is 1.14 bits per heavy atom. The van der Waals surface area contributed by atoms with E-state index in [4.69, 9.17) is 9.47 Å². The number of hydrogen-bond donors (Lipinski definition) is 2. The number of carbonyl (C=O) groups excluding carboxylic acids is 1. The lowest BCUT2D eigenvalue weighted by molar-refractivity contribution is 0.101. The van der Waals surface area contributed by atoms with E-state index in [9.17, 15) is 9.18 Å². The molecule has 2 aromatic carbocycles. The number of carbonyl (C=O) groups is 1. The molecule has 186 valence electrons. The van der Waals surface area contributed by atoms with E-state index < -0.39 is 40.9 Å². The van der Waals surface area contributed by atoms with Crippen LogP contribution in [-0.2, 0) is 17.8 Å². The lowest BCUT2D eigenvalue weighted by Gasteiger charge is -2.17. The van der Waals surface area contributed by atoms with E-state index in [0.29, 0.717) is 13.1 Å². The third-order valence-electron chi connectivity index (χ3n) is 5.48. The first-order chi connectivity index (χ1) is 17.5. The van der Waals surface area contributed by atoms with E-state index in [1.54, 1.807) is 18.3 Å². The SMILES string of the molecule is O=C1OC(COc2ccon2)CN1c1cc(F)c(-c2ccc(CNCc3cn[nH]n3)cc2)c(F)c1F. The van der Waals surface area contributed by atoms with Gasteiger partial charge in [-0.1, -0.05) is 24.3 Å². The summed E-state index contributed by atoms with van der Waals surface area (Å²) in [6.45, 7) is 0.700. The first-order valence-corrected chi connectivity index (χ1v) is 10.8. The number of amides is 1. The quantitative estimate of drug-likeness (QED) is 0.335. The van der Waals surface area contributed by atoms with Crippen LogP contribution >= 0.6 is 0 Å². The minimum Gasteiger partial charge on any atom is -0.471 e. The zero-order valence-corrected chi connectivity index (χ0v) is 18.6. The van der Waals surface area contributed by atoms with Crippen molar-refractivity contribution in [2.24, 2.45) is 0 Å². The minimum atomic E-state index is -1.41. The first-order valence-electron chi connectivity index (χ1n) is 10.8. The highest BCUT2D eigenvalue weighted by atomic mass is 19.2. The summed E-state index contributed by atoms with van der Waals surface area (Å²) in [6.07, 6.45) is 1.14. The Morgan fingerprint density at radius 3 is 2.69 bits per heavy atom. The zero-order valence-electron chi connectivity index (χ0n) is 18.6. The molecule has 10 nitrogen and oxygen atoms in total.